The fourth-order valence-corrected chi connectivity index (χ4v) is 2.18. The minimum Gasteiger partial charge on any atom is -0.466 e. The van der Waals surface area contributed by atoms with Gasteiger partial charge in [-0.15, -0.1) is 0 Å². The van der Waals surface area contributed by atoms with E-state index in [1.54, 1.807) is 0 Å². The zero-order valence-electron chi connectivity index (χ0n) is 11.6. The summed E-state index contributed by atoms with van der Waals surface area (Å²) in [6.45, 7) is 5.79. The quantitative estimate of drug-likeness (QED) is 0.720. The normalized spacial score (nSPS) is 10.9. The van der Waals surface area contributed by atoms with E-state index in [-0.39, 0.29) is 0 Å². The van der Waals surface area contributed by atoms with Crippen molar-refractivity contribution < 1.29 is 8.94 Å². The highest BCUT2D eigenvalue weighted by Gasteiger charge is 2.19. The van der Waals surface area contributed by atoms with Gasteiger partial charge in [0.2, 0.25) is 5.82 Å². The highest BCUT2D eigenvalue weighted by atomic mass is 16.5. The lowest BCUT2D eigenvalue weighted by Crippen LogP contribution is -1.86. The van der Waals surface area contributed by atoms with Crippen molar-refractivity contribution in [1.29, 1.82) is 0 Å². The third-order valence-corrected chi connectivity index (χ3v) is 3.37. The molecule has 2 N–H and O–H groups in total. The van der Waals surface area contributed by atoms with Crippen LogP contribution in [0.1, 0.15) is 17.1 Å². The molecule has 0 unspecified atom stereocenters. The van der Waals surface area contributed by atoms with Crippen LogP contribution in [-0.2, 0) is 0 Å². The second kappa shape index (κ2) is 4.52. The van der Waals surface area contributed by atoms with Gasteiger partial charge in [-0.2, -0.15) is 4.98 Å². The molecule has 0 amide bonds. The maximum Gasteiger partial charge on any atom is 0.262 e. The number of aryl methyl sites for hydroxylation is 2. The molecule has 3 aromatic rings. The fourth-order valence-electron chi connectivity index (χ4n) is 2.18. The summed E-state index contributed by atoms with van der Waals surface area (Å²) in [6, 6.07) is 7.35. The van der Waals surface area contributed by atoms with Crippen LogP contribution in [0.25, 0.3) is 22.8 Å². The van der Waals surface area contributed by atoms with E-state index >= 15 is 0 Å². The van der Waals surface area contributed by atoms with Crippen molar-refractivity contribution in [3.8, 4) is 22.8 Å². The number of hydrogen-bond acceptors (Lipinski definition) is 5. The molecule has 0 aliphatic carbocycles. The summed E-state index contributed by atoms with van der Waals surface area (Å²) >= 11 is 0. The van der Waals surface area contributed by atoms with E-state index in [0.29, 0.717) is 17.4 Å². The number of nitrogen functional groups attached to an aromatic ring is 1. The Morgan fingerprint density at radius 2 is 1.70 bits per heavy atom. The minimum absolute atomic E-state index is 0.476. The lowest BCUT2D eigenvalue weighted by molar-refractivity contribution is 0.430. The zero-order chi connectivity index (χ0) is 14.3. The number of nitrogens with zero attached hydrogens (tertiary/aromatic N) is 2. The third kappa shape index (κ3) is 1.97. The van der Waals surface area contributed by atoms with Gasteiger partial charge in [0.25, 0.3) is 5.89 Å². The van der Waals surface area contributed by atoms with Crippen molar-refractivity contribution in [2.24, 2.45) is 0 Å². The van der Waals surface area contributed by atoms with Gasteiger partial charge in [-0.1, -0.05) is 5.16 Å². The topological polar surface area (TPSA) is 78.1 Å². The summed E-state index contributed by atoms with van der Waals surface area (Å²) in [6.07, 6.45) is 0. The molecule has 5 heteroatoms. The van der Waals surface area contributed by atoms with Crippen LogP contribution in [0.5, 0.6) is 0 Å². The molecular weight excluding hydrogens is 254 g/mol. The number of nitrogens with two attached hydrogens (primary N) is 1. The second-order valence-electron chi connectivity index (χ2n) is 4.76. The van der Waals surface area contributed by atoms with Crippen LogP contribution in [0.15, 0.2) is 33.2 Å². The van der Waals surface area contributed by atoms with E-state index < -0.39 is 0 Å². The van der Waals surface area contributed by atoms with Gasteiger partial charge in [0.1, 0.15) is 11.5 Å². The molecule has 0 atom stereocenters. The number of aromatic nitrogens is 2. The first kappa shape index (κ1) is 12.5. The summed E-state index contributed by atoms with van der Waals surface area (Å²) in [7, 11) is 0. The maximum atomic E-state index is 5.67. The minimum atomic E-state index is 0.476. The van der Waals surface area contributed by atoms with Gasteiger partial charge in [-0.3, -0.25) is 0 Å². The third-order valence-electron chi connectivity index (χ3n) is 3.37. The summed E-state index contributed by atoms with van der Waals surface area (Å²) < 4.78 is 10.9. The van der Waals surface area contributed by atoms with Crippen LogP contribution in [0.2, 0.25) is 0 Å². The molecule has 102 valence electrons. The van der Waals surface area contributed by atoms with Gasteiger partial charge in [-0.25, -0.2) is 0 Å². The van der Waals surface area contributed by atoms with E-state index in [4.69, 9.17) is 14.7 Å². The average molecular weight is 269 g/mol. The van der Waals surface area contributed by atoms with Gasteiger partial charge in [0.05, 0.1) is 5.56 Å². The fraction of sp³-hybridized carbons (Fsp3) is 0.200. The van der Waals surface area contributed by atoms with E-state index in [1.165, 1.54) is 0 Å². The standard InChI is InChI=1S/C15H15N3O2/c1-8-9(2)19-10(3)13(8)15-17-14(18-20-15)11-4-6-12(16)7-5-11/h4-7H,16H2,1-3H3. The Morgan fingerprint density at radius 3 is 2.30 bits per heavy atom. The second-order valence-corrected chi connectivity index (χ2v) is 4.76. The van der Waals surface area contributed by atoms with Crippen LogP contribution in [-0.4, -0.2) is 10.1 Å². The van der Waals surface area contributed by atoms with Gasteiger partial charge in [-0.05, 0) is 45.0 Å². The molecule has 0 bridgehead atoms. The molecule has 3 rings (SSSR count). The molecular formula is C15H15N3O2. The molecule has 0 fully saturated rings. The Kier molecular flexibility index (Phi) is 2.82. The van der Waals surface area contributed by atoms with Crippen LogP contribution in [0.3, 0.4) is 0 Å². The predicted molar refractivity (Wildman–Crippen MR) is 76.1 cm³/mol. The van der Waals surface area contributed by atoms with Crippen molar-refractivity contribution >= 4 is 5.69 Å². The monoisotopic (exact) mass is 269 g/mol. The molecule has 1 aromatic carbocycles. The van der Waals surface area contributed by atoms with Crippen LogP contribution in [0, 0.1) is 20.8 Å². The molecule has 2 aromatic heterocycles. The summed E-state index contributed by atoms with van der Waals surface area (Å²) in [5, 5.41) is 4.02. The number of furan rings is 1. The number of anilines is 1. The van der Waals surface area contributed by atoms with Gasteiger partial charge in [0, 0.05) is 16.8 Å². The predicted octanol–water partition coefficient (Wildman–Crippen LogP) is 3.50. The Bertz CT molecular complexity index is 754. The smallest absolute Gasteiger partial charge is 0.262 e. The first-order valence-electron chi connectivity index (χ1n) is 6.33. The Balaban J connectivity index is 2.04. The van der Waals surface area contributed by atoms with E-state index in [1.807, 2.05) is 45.0 Å². The molecule has 0 spiro atoms. The number of benzene rings is 1. The Morgan fingerprint density at radius 1 is 1.00 bits per heavy atom. The number of hydrogen-bond donors (Lipinski definition) is 1. The lowest BCUT2D eigenvalue weighted by Gasteiger charge is -1.95. The van der Waals surface area contributed by atoms with Crippen molar-refractivity contribution in [2.75, 3.05) is 5.73 Å². The van der Waals surface area contributed by atoms with Gasteiger partial charge < -0.3 is 14.7 Å². The molecule has 2 heterocycles. The zero-order valence-corrected chi connectivity index (χ0v) is 11.6. The molecule has 0 saturated carbocycles. The number of rotatable bonds is 2. The first-order valence-corrected chi connectivity index (χ1v) is 6.33. The van der Waals surface area contributed by atoms with Crippen LogP contribution >= 0.6 is 0 Å². The van der Waals surface area contributed by atoms with Gasteiger partial charge in [0.15, 0.2) is 0 Å². The molecule has 20 heavy (non-hydrogen) atoms. The largest absolute Gasteiger partial charge is 0.466 e. The SMILES string of the molecule is Cc1oc(C)c(-c2nc(-c3ccc(N)cc3)no2)c1C. The molecule has 0 radical (unpaired) electrons. The Labute approximate surface area is 116 Å². The lowest BCUT2D eigenvalue weighted by atomic mass is 10.1. The summed E-state index contributed by atoms with van der Waals surface area (Å²) in [4.78, 5) is 4.44. The molecule has 0 aliphatic rings. The molecule has 5 nitrogen and oxygen atoms in total. The van der Waals surface area contributed by atoms with Crippen LogP contribution < -0.4 is 5.73 Å². The van der Waals surface area contributed by atoms with Gasteiger partial charge >= 0.3 is 0 Å². The van der Waals surface area contributed by atoms with E-state index in [2.05, 4.69) is 10.1 Å². The summed E-state index contributed by atoms with van der Waals surface area (Å²) in [5.41, 5.74) is 9.13. The van der Waals surface area contributed by atoms with E-state index in [0.717, 1.165) is 28.2 Å². The first-order chi connectivity index (χ1) is 9.56. The summed E-state index contributed by atoms with van der Waals surface area (Å²) in [5.74, 6) is 2.67. The maximum absolute atomic E-state index is 5.67. The average Bonchev–Trinajstić information content (AvgIpc) is 2.97. The van der Waals surface area contributed by atoms with E-state index in [9.17, 15) is 0 Å². The highest BCUT2D eigenvalue weighted by molar-refractivity contribution is 5.65. The van der Waals surface area contributed by atoms with Crippen molar-refractivity contribution in [3.05, 3.63) is 41.3 Å². The van der Waals surface area contributed by atoms with Crippen molar-refractivity contribution in [3.63, 3.8) is 0 Å². The molecule has 0 aliphatic heterocycles. The van der Waals surface area contributed by atoms with Crippen LogP contribution in [0.4, 0.5) is 5.69 Å². The van der Waals surface area contributed by atoms with Crippen molar-refractivity contribution in [2.45, 2.75) is 20.8 Å². The molecule has 0 saturated heterocycles. The highest BCUT2D eigenvalue weighted by Crippen LogP contribution is 2.31. The Hall–Kier alpha value is -2.56. The van der Waals surface area contributed by atoms with Crippen molar-refractivity contribution in [1.82, 2.24) is 10.1 Å².